The summed E-state index contributed by atoms with van der Waals surface area (Å²) in [5.41, 5.74) is 0. The van der Waals surface area contributed by atoms with E-state index in [1.54, 1.807) is 11.3 Å². The maximum absolute atomic E-state index is 5.81. The molecule has 11 heavy (non-hydrogen) atoms. The van der Waals surface area contributed by atoms with Crippen molar-refractivity contribution in [3.8, 4) is 0 Å². The van der Waals surface area contributed by atoms with Gasteiger partial charge in [0.15, 0.2) is 0 Å². The van der Waals surface area contributed by atoms with Gasteiger partial charge in [0.05, 0.1) is 0 Å². The van der Waals surface area contributed by atoms with Crippen LogP contribution in [-0.2, 0) is 0 Å². The topological polar surface area (TPSA) is 0 Å². The summed E-state index contributed by atoms with van der Waals surface area (Å²) in [6, 6.07) is 7.95. The third-order valence-electron chi connectivity index (χ3n) is 1.53. The van der Waals surface area contributed by atoms with Crippen LogP contribution in [0.25, 0.3) is 10.1 Å². The van der Waals surface area contributed by atoms with E-state index in [2.05, 4.69) is 13.0 Å². The fourth-order valence-electron chi connectivity index (χ4n) is 1.06. The highest BCUT2D eigenvalue weighted by Gasteiger charge is 1.97. The van der Waals surface area contributed by atoms with E-state index < -0.39 is 0 Å². The van der Waals surface area contributed by atoms with E-state index in [9.17, 15) is 0 Å². The molecule has 0 unspecified atom stereocenters. The number of hydrogen-bond acceptors (Lipinski definition) is 1. The molecule has 1 aromatic heterocycles. The van der Waals surface area contributed by atoms with Gasteiger partial charge in [-0.2, -0.15) is 0 Å². The average molecular weight is 182 g/mol. The van der Waals surface area contributed by atoms with Crippen molar-refractivity contribution in [1.82, 2.24) is 0 Å². The zero-order chi connectivity index (χ0) is 7.84. The van der Waals surface area contributed by atoms with Gasteiger partial charge in [-0.1, -0.05) is 17.7 Å². The van der Waals surface area contributed by atoms with Crippen molar-refractivity contribution in [1.29, 1.82) is 0 Å². The van der Waals surface area contributed by atoms with Crippen LogP contribution in [0.5, 0.6) is 0 Å². The normalized spacial score (nSPS) is 10.7. The molecule has 1 aromatic carbocycles. The molecule has 0 aliphatic carbocycles. The summed E-state index contributed by atoms with van der Waals surface area (Å²) < 4.78 is 1.21. The van der Waals surface area contributed by atoms with Gasteiger partial charge >= 0.3 is 0 Å². The summed E-state index contributed by atoms with van der Waals surface area (Å²) in [7, 11) is 0. The molecule has 1 heterocycles. The first-order chi connectivity index (χ1) is 5.25. The Morgan fingerprint density at radius 3 is 2.91 bits per heavy atom. The van der Waals surface area contributed by atoms with Crippen molar-refractivity contribution >= 4 is 33.0 Å². The average Bonchev–Trinajstić information content (AvgIpc) is 2.27. The quantitative estimate of drug-likeness (QED) is 0.581. The van der Waals surface area contributed by atoms with E-state index in [0.29, 0.717) is 0 Å². The number of thiophene rings is 1. The van der Waals surface area contributed by atoms with Crippen LogP contribution in [0.2, 0.25) is 5.02 Å². The highest BCUT2D eigenvalue weighted by atomic mass is 35.5. The minimum absolute atomic E-state index is 0.791. The van der Waals surface area contributed by atoms with E-state index in [4.69, 9.17) is 11.6 Å². The van der Waals surface area contributed by atoms with Crippen LogP contribution in [0.4, 0.5) is 0 Å². The van der Waals surface area contributed by atoms with Crippen molar-refractivity contribution in [3.05, 3.63) is 41.1 Å². The van der Waals surface area contributed by atoms with Crippen LogP contribution in [0, 0.1) is 6.92 Å². The Balaban J connectivity index is 2.82. The fraction of sp³-hybridized carbons (Fsp3) is 0. The van der Waals surface area contributed by atoms with E-state index in [1.807, 2.05) is 18.2 Å². The third kappa shape index (κ3) is 1.26. The second-order valence-electron chi connectivity index (χ2n) is 2.39. The molecule has 0 spiro atoms. The van der Waals surface area contributed by atoms with Crippen molar-refractivity contribution in [2.75, 3.05) is 0 Å². The maximum Gasteiger partial charge on any atom is 0.0420 e. The SMILES string of the molecule is [CH2]c1cc2ccc(Cl)cc2s1. The van der Waals surface area contributed by atoms with Crippen molar-refractivity contribution in [3.63, 3.8) is 0 Å². The zero-order valence-electron chi connectivity index (χ0n) is 5.80. The number of benzene rings is 1. The molecule has 55 valence electrons. The largest absolute Gasteiger partial charge is 0.140 e. The van der Waals surface area contributed by atoms with Crippen molar-refractivity contribution < 1.29 is 0 Å². The molecule has 0 fully saturated rings. The Morgan fingerprint density at radius 2 is 2.09 bits per heavy atom. The van der Waals surface area contributed by atoms with Gasteiger partial charge in [-0.15, -0.1) is 11.3 Å². The van der Waals surface area contributed by atoms with Crippen LogP contribution < -0.4 is 0 Å². The number of hydrogen-bond donors (Lipinski definition) is 0. The van der Waals surface area contributed by atoms with Crippen LogP contribution >= 0.6 is 22.9 Å². The summed E-state index contributed by atoms with van der Waals surface area (Å²) in [5.74, 6) is 0. The van der Waals surface area contributed by atoms with Gasteiger partial charge in [-0.3, -0.25) is 0 Å². The molecule has 0 aliphatic rings. The minimum Gasteiger partial charge on any atom is -0.140 e. The second kappa shape index (κ2) is 2.50. The van der Waals surface area contributed by atoms with Crippen LogP contribution in [-0.4, -0.2) is 0 Å². The Hall–Kier alpha value is -0.530. The van der Waals surface area contributed by atoms with Crippen molar-refractivity contribution in [2.24, 2.45) is 0 Å². The van der Waals surface area contributed by atoms with Crippen molar-refractivity contribution in [2.45, 2.75) is 0 Å². The Morgan fingerprint density at radius 1 is 1.27 bits per heavy atom. The molecule has 2 aromatic rings. The molecule has 0 nitrogen and oxygen atoms in total. The summed E-state index contributed by atoms with van der Waals surface area (Å²) in [5, 5.41) is 2.02. The first-order valence-corrected chi connectivity index (χ1v) is 4.46. The van der Waals surface area contributed by atoms with Gasteiger partial charge in [0.25, 0.3) is 0 Å². The molecular formula is C9H6ClS. The number of rotatable bonds is 0. The molecule has 2 heteroatoms. The summed E-state index contributed by atoms with van der Waals surface area (Å²) >= 11 is 7.48. The molecular weight excluding hydrogens is 176 g/mol. The summed E-state index contributed by atoms with van der Waals surface area (Å²) in [4.78, 5) is 1.09. The molecule has 0 saturated heterocycles. The molecule has 0 bridgehead atoms. The standard InChI is InChI=1S/C9H6ClS/c1-6-4-7-2-3-8(10)5-9(7)11-6/h2-5H,1H2. The number of fused-ring (bicyclic) bond motifs is 1. The number of halogens is 1. The molecule has 1 radical (unpaired) electrons. The highest BCUT2D eigenvalue weighted by molar-refractivity contribution is 7.19. The lowest BCUT2D eigenvalue weighted by Crippen LogP contribution is -1.61. The fourth-order valence-corrected chi connectivity index (χ4v) is 2.20. The lowest BCUT2D eigenvalue weighted by Gasteiger charge is -1.87. The Bertz CT molecular complexity index is 389. The lowest BCUT2D eigenvalue weighted by atomic mass is 10.2. The van der Waals surface area contributed by atoms with E-state index in [-0.39, 0.29) is 0 Å². The van der Waals surface area contributed by atoms with Gasteiger partial charge in [-0.05, 0) is 30.5 Å². The van der Waals surface area contributed by atoms with Crippen LogP contribution in [0.3, 0.4) is 0 Å². The highest BCUT2D eigenvalue weighted by Crippen LogP contribution is 2.27. The summed E-state index contributed by atoms with van der Waals surface area (Å²) in [6.07, 6.45) is 0. The van der Waals surface area contributed by atoms with Gasteiger partial charge in [0.1, 0.15) is 0 Å². The Labute approximate surface area is 74.4 Å². The van der Waals surface area contributed by atoms with E-state index in [0.717, 1.165) is 9.90 Å². The molecule has 0 saturated carbocycles. The maximum atomic E-state index is 5.81. The molecule has 0 amide bonds. The lowest BCUT2D eigenvalue weighted by molar-refractivity contribution is 1.83. The van der Waals surface area contributed by atoms with E-state index >= 15 is 0 Å². The summed E-state index contributed by atoms with van der Waals surface area (Å²) in [6.45, 7) is 3.86. The third-order valence-corrected chi connectivity index (χ3v) is 2.72. The minimum atomic E-state index is 0.791. The predicted octanol–water partition coefficient (Wildman–Crippen LogP) is 3.74. The monoisotopic (exact) mass is 181 g/mol. The first-order valence-electron chi connectivity index (χ1n) is 3.27. The van der Waals surface area contributed by atoms with Crippen LogP contribution in [0.15, 0.2) is 24.3 Å². The van der Waals surface area contributed by atoms with Gasteiger partial charge < -0.3 is 0 Å². The first kappa shape index (κ1) is 7.14. The van der Waals surface area contributed by atoms with Gasteiger partial charge in [0, 0.05) is 14.6 Å². The molecule has 2 rings (SSSR count). The smallest absolute Gasteiger partial charge is 0.0420 e. The predicted molar refractivity (Wildman–Crippen MR) is 51.3 cm³/mol. The zero-order valence-corrected chi connectivity index (χ0v) is 7.38. The Kier molecular flexibility index (Phi) is 1.63. The second-order valence-corrected chi connectivity index (χ2v) is 4.00. The molecule has 0 aliphatic heterocycles. The van der Waals surface area contributed by atoms with Crippen LogP contribution in [0.1, 0.15) is 4.88 Å². The van der Waals surface area contributed by atoms with E-state index in [1.165, 1.54) is 10.1 Å². The van der Waals surface area contributed by atoms with Gasteiger partial charge in [-0.25, -0.2) is 0 Å². The molecule has 0 atom stereocenters. The molecule has 0 N–H and O–H groups in total. The van der Waals surface area contributed by atoms with Gasteiger partial charge in [0.2, 0.25) is 0 Å².